The molecule has 0 N–H and O–H groups in total. The lowest BCUT2D eigenvalue weighted by molar-refractivity contribution is 0.129. The van der Waals surface area contributed by atoms with Gasteiger partial charge in [-0.15, -0.1) is 0 Å². The Morgan fingerprint density at radius 1 is 1.43 bits per heavy atom. The van der Waals surface area contributed by atoms with Crippen LogP contribution >= 0.6 is 0 Å². The Balaban J connectivity index is 3.34. The monoisotopic (exact) mass is 117 g/mol. The van der Waals surface area contributed by atoms with E-state index in [2.05, 4.69) is 0 Å². The maximum Gasteiger partial charge on any atom is 0.594 e. The summed E-state index contributed by atoms with van der Waals surface area (Å²) in [6.07, 6.45) is 0. The van der Waals surface area contributed by atoms with E-state index in [1.807, 2.05) is 20.8 Å². The van der Waals surface area contributed by atoms with Crippen LogP contribution in [0.25, 0.3) is 0 Å². The van der Waals surface area contributed by atoms with Crippen LogP contribution in [0.1, 0.15) is 20.8 Å². The van der Waals surface area contributed by atoms with Crippen LogP contribution in [-0.2, 0) is 8.89 Å². The van der Waals surface area contributed by atoms with Crippen molar-refractivity contribution in [2.45, 2.75) is 26.4 Å². The molecule has 0 spiro atoms. The van der Waals surface area contributed by atoms with Gasteiger partial charge in [0, 0.05) is 0 Å². The summed E-state index contributed by atoms with van der Waals surface area (Å²) >= 11 is 0. The molecule has 0 bridgehead atoms. The molecule has 3 heteroatoms. The molecule has 0 rings (SSSR count). The van der Waals surface area contributed by atoms with Gasteiger partial charge in [0.15, 0.2) is 0 Å². The first kappa shape index (κ1) is 6.82. The third kappa shape index (κ3) is 5.82. The Bertz CT molecular complexity index is 64.6. The first-order valence-corrected chi connectivity index (χ1v) is 2.93. The smallest absolute Gasteiger partial charge is 0.516 e. The predicted molar refractivity (Wildman–Crippen MR) is 27.3 cm³/mol. The first-order chi connectivity index (χ1) is 3.06. The standard InChI is InChI=1S/C4H9O2Si/c1-4(2,3)6-7-5/h1-3H3. The highest BCUT2D eigenvalue weighted by molar-refractivity contribution is 6.07. The molecule has 0 aliphatic rings. The van der Waals surface area contributed by atoms with Crippen LogP contribution in [0.5, 0.6) is 0 Å². The Kier molecular flexibility index (Phi) is 2.15. The van der Waals surface area contributed by atoms with E-state index in [1.165, 1.54) is 0 Å². The van der Waals surface area contributed by atoms with Gasteiger partial charge in [0.2, 0.25) is 0 Å². The Morgan fingerprint density at radius 2 is 1.86 bits per heavy atom. The van der Waals surface area contributed by atoms with Gasteiger partial charge in [-0.2, -0.15) is 0 Å². The summed E-state index contributed by atoms with van der Waals surface area (Å²) < 4.78 is 14.5. The second kappa shape index (κ2) is 2.21. The molecule has 0 unspecified atom stereocenters. The zero-order valence-electron chi connectivity index (χ0n) is 4.82. The van der Waals surface area contributed by atoms with E-state index in [9.17, 15) is 4.46 Å². The third-order valence-electron chi connectivity index (χ3n) is 0.348. The number of rotatable bonds is 1. The van der Waals surface area contributed by atoms with Crippen molar-refractivity contribution in [3.05, 3.63) is 0 Å². The lowest BCUT2D eigenvalue weighted by Gasteiger charge is -2.14. The van der Waals surface area contributed by atoms with Crippen LogP contribution in [-0.4, -0.2) is 15.3 Å². The molecule has 0 saturated heterocycles. The molecule has 0 amide bonds. The average Bonchev–Trinajstić information content (AvgIpc) is 1.30. The van der Waals surface area contributed by atoms with E-state index in [0.717, 1.165) is 0 Å². The molecule has 0 aromatic carbocycles. The van der Waals surface area contributed by atoms with Gasteiger partial charge in [-0.1, -0.05) is 0 Å². The minimum atomic E-state index is -0.641. The normalized spacial score (nSPS) is 10.7. The lowest BCUT2D eigenvalue weighted by Crippen LogP contribution is -2.18. The van der Waals surface area contributed by atoms with Crippen molar-refractivity contribution in [3.63, 3.8) is 0 Å². The van der Waals surface area contributed by atoms with Crippen LogP contribution in [0.2, 0.25) is 0 Å². The molecule has 0 saturated carbocycles. The summed E-state index contributed by atoms with van der Waals surface area (Å²) in [6.45, 7) is 5.58. The summed E-state index contributed by atoms with van der Waals surface area (Å²) in [7, 11) is -0.641. The summed E-state index contributed by atoms with van der Waals surface area (Å²) in [6, 6.07) is 0. The highest BCUT2D eigenvalue weighted by Crippen LogP contribution is 2.02. The molecule has 1 radical (unpaired) electrons. The first-order valence-electron chi connectivity index (χ1n) is 2.11. The molecular formula is C4H9O2Si. The number of hydrogen-bond acceptors (Lipinski definition) is 2. The van der Waals surface area contributed by atoms with E-state index in [-0.39, 0.29) is 5.60 Å². The topological polar surface area (TPSA) is 26.3 Å². The van der Waals surface area contributed by atoms with Crippen molar-refractivity contribution >= 4 is 9.65 Å². The minimum absolute atomic E-state index is 0.250. The Morgan fingerprint density at radius 3 is 1.86 bits per heavy atom. The SMILES string of the molecule is CC(C)(C)O[Si]=O. The van der Waals surface area contributed by atoms with Gasteiger partial charge in [-0.05, 0) is 20.8 Å². The average molecular weight is 117 g/mol. The van der Waals surface area contributed by atoms with Gasteiger partial charge in [-0.25, -0.2) is 0 Å². The van der Waals surface area contributed by atoms with Crippen molar-refractivity contribution in [1.29, 1.82) is 0 Å². The zero-order valence-corrected chi connectivity index (χ0v) is 5.82. The fourth-order valence-electron chi connectivity index (χ4n) is 0.125. The van der Waals surface area contributed by atoms with Crippen LogP contribution in [0.4, 0.5) is 0 Å². The Labute approximate surface area is 45.9 Å². The van der Waals surface area contributed by atoms with Gasteiger partial charge in [0.05, 0.1) is 5.60 Å². The van der Waals surface area contributed by atoms with Crippen LogP contribution < -0.4 is 0 Å². The molecule has 0 heterocycles. The molecule has 0 aliphatic carbocycles. The van der Waals surface area contributed by atoms with Crippen molar-refractivity contribution < 1.29 is 8.89 Å². The fourth-order valence-corrected chi connectivity index (χ4v) is 0.375. The van der Waals surface area contributed by atoms with E-state index < -0.39 is 9.65 Å². The van der Waals surface area contributed by atoms with E-state index in [1.54, 1.807) is 0 Å². The lowest BCUT2D eigenvalue weighted by atomic mass is 10.2. The summed E-state index contributed by atoms with van der Waals surface area (Å²) in [4.78, 5) is 0. The highest BCUT2D eigenvalue weighted by Gasteiger charge is 2.07. The van der Waals surface area contributed by atoms with E-state index >= 15 is 0 Å². The molecule has 0 atom stereocenters. The van der Waals surface area contributed by atoms with Gasteiger partial charge < -0.3 is 8.89 Å². The highest BCUT2D eigenvalue weighted by atomic mass is 28.2. The zero-order chi connectivity index (χ0) is 5.91. The molecule has 0 aromatic rings. The van der Waals surface area contributed by atoms with E-state index in [4.69, 9.17) is 4.43 Å². The summed E-state index contributed by atoms with van der Waals surface area (Å²) in [5.41, 5.74) is -0.250. The molecule has 2 nitrogen and oxygen atoms in total. The van der Waals surface area contributed by atoms with Gasteiger partial charge >= 0.3 is 9.65 Å². The van der Waals surface area contributed by atoms with Gasteiger partial charge in [-0.3, -0.25) is 0 Å². The quantitative estimate of drug-likeness (QED) is 0.474. The van der Waals surface area contributed by atoms with Gasteiger partial charge in [0.1, 0.15) is 0 Å². The minimum Gasteiger partial charge on any atom is -0.516 e. The van der Waals surface area contributed by atoms with E-state index in [0.29, 0.717) is 0 Å². The molecule has 0 fully saturated rings. The number of hydrogen-bond donors (Lipinski definition) is 0. The van der Waals surface area contributed by atoms with Gasteiger partial charge in [0.25, 0.3) is 0 Å². The van der Waals surface area contributed by atoms with Crippen molar-refractivity contribution in [3.8, 4) is 0 Å². The summed E-state index contributed by atoms with van der Waals surface area (Å²) in [5.74, 6) is 0. The molecule has 41 valence electrons. The largest absolute Gasteiger partial charge is 0.594 e. The maximum absolute atomic E-state index is 9.75. The predicted octanol–water partition coefficient (Wildman–Crippen LogP) is 0.766. The second-order valence-corrected chi connectivity index (χ2v) is 2.67. The molecule has 0 aliphatic heterocycles. The second-order valence-electron chi connectivity index (χ2n) is 2.30. The fraction of sp³-hybridized carbons (Fsp3) is 1.00. The molecule has 7 heavy (non-hydrogen) atoms. The van der Waals surface area contributed by atoms with Crippen LogP contribution in [0.3, 0.4) is 0 Å². The van der Waals surface area contributed by atoms with Crippen molar-refractivity contribution in [2.24, 2.45) is 0 Å². The molecule has 0 aromatic heterocycles. The maximum atomic E-state index is 9.75. The van der Waals surface area contributed by atoms with Crippen molar-refractivity contribution in [1.82, 2.24) is 0 Å². The van der Waals surface area contributed by atoms with Crippen LogP contribution in [0, 0.1) is 0 Å². The molecular weight excluding hydrogens is 108 g/mol. The third-order valence-corrected chi connectivity index (χ3v) is 1.04. The van der Waals surface area contributed by atoms with Crippen molar-refractivity contribution in [2.75, 3.05) is 0 Å². The van der Waals surface area contributed by atoms with Crippen LogP contribution in [0.15, 0.2) is 0 Å². The Hall–Kier alpha value is -0.183. The summed E-state index contributed by atoms with van der Waals surface area (Å²) in [5, 5.41) is 0.